The summed E-state index contributed by atoms with van der Waals surface area (Å²) >= 11 is 0. The van der Waals surface area contributed by atoms with Crippen molar-refractivity contribution in [3.63, 3.8) is 0 Å². The zero-order valence-corrected chi connectivity index (χ0v) is 38.8. The van der Waals surface area contributed by atoms with E-state index in [9.17, 15) is 19.2 Å². The lowest BCUT2D eigenvalue weighted by Gasteiger charge is -2.46. The molecule has 2 fully saturated rings. The van der Waals surface area contributed by atoms with Crippen LogP contribution < -0.4 is 9.47 Å². The number of fused-ring (bicyclic) bond motifs is 2. The van der Waals surface area contributed by atoms with Crippen LogP contribution >= 0.6 is 0 Å². The summed E-state index contributed by atoms with van der Waals surface area (Å²) in [5.74, 6) is -1.82. The molecule has 0 aromatic heterocycles. The molecule has 12 heteroatoms. The smallest absolute Gasteiger partial charge is 0.339 e. The van der Waals surface area contributed by atoms with Crippen LogP contribution in [-0.4, -0.2) is 78.6 Å². The van der Waals surface area contributed by atoms with Gasteiger partial charge in [-0.1, -0.05) is 73.7 Å². The van der Waals surface area contributed by atoms with Gasteiger partial charge >= 0.3 is 23.9 Å². The minimum Gasteiger partial charge on any atom is -0.485 e. The van der Waals surface area contributed by atoms with Crippen LogP contribution in [0.15, 0.2) is 72.8 Å². The molecule has 0 saturated carbocycles. The summed E-state index contributed by atoms with van der Waals surface area (Å²) in [4.78, 5) is 58.9. The van der Waals surface area contributed by atoms with Gasteiger partial charge in [0, 0.05) is 11.6 Å². The number of rotatable bonds is 13. The first-order chi connectivity index (χ1) is 29.7. The molecule has 1 aliphatic carbocycles. The van der Waals surface area contributed by atoms with Crippen LogP contribution in [0.2, 0.25) is 0 Å². The third-order valence-electron chi connectivity index (χ3n) is 11.7. The Hall–Kier alpha value is -4.94. The van der Waals surface area contributed by atoms with Gasteiger partial charge < -0.3 is 33.2 Å². The monoisotopic (exact) mass is 869 g/mol. The SMILES string of the molecule is CCCN1CCC[C@@H]2Cc3c(ccc(OCc4ccccc4)c3O[C@@H]3O[C@H](C(=O)OCc4ccccc4)[C@@H](OC(=O)C(C)(C)C)[C@H](OC(=O)C(C)(C)C)[C@H]3OC(=O)C(C)(C)C)C[C@H]21. The second kappa shape index (κ2) is 19.8. The number of benzene rings is 3. The largest absolute Gasteiger partial charge is 0.485 e. The van der Waals surface area contributed by atoms with Crippen molar-refractivity contribution in [2.45, 2.75) is 151 Å². The van der Waals surface area contributed by atoms with Crippen molar-refractivity contribution in [3.8, 4) is 11.5 Å². The molecule has 3 aromatic carbocycles. The number of esters is 4. The Kier molecular flexibility index (Phi) is 15.0. The van der Waals surface area contributed by atoms with Gasteiger partial charge in [0.2, 0.25) is 12.4 Å². The third-order valence-corrected chi connectivity index (χ3v) is 11.7. The lowest BCUT2D eigenvalue weighted by molar-refractivity contribution is -0.288. The van der Waals surface area contributed by atoms with Gasteiger partial charge in [0.05, 0.1) is 16.2 Å². The fourth-order valence-corrected chi connectivity index (χ4v) is 8.15. The van der Waals surface area contributed by atoms with Crippen LogP contribution in [-0.2, 0) is 68.9 Å². The van der Waals surface area contributed by atoms with Gasteiger partial charge in [-0.3, -0.25) is 19.3 Å². The summed E-state index contributed by atoms with van der Waals surface area (Å²) in [6, 6.07) is 23.2. The molecule has 0 bridgehead atoms. The Morgan fingerprint density at radius 3 is 1.81 bits per heavy atom. The Balaban J connectivity index is 1.49. The summed E-state index contributed by atoms with van der Waals surface area (Å²) in [5.41, 5.74) is 0.508. The van der Waals surface area contributed by atoms with E-state index in [2.05, 4.69) is 17.9 Å². The average Bonchev–Trinajstić information content (AvgIpc) is 3.23. The van der Waals surface area contributed by atoms with Gasteiger partial charge in [0.25, 0.3) is 0 Å². The van der Waals surface area contributed by atoms with E-state index in [1.165, 1.54) is 0 Å². The Morgan fingerprint density at radius 1 is 0.683 bits per heavy atom. The topological polar surface area (TPSA) is 136 Å². The number of carbonyl (C=O) groups is 4. The summed E-state index contributed by atoms with van der Waals surface area (Å²) in [7, 11) is 0. The quantitative estimate of drug-likeness (QED) is 0.120. The molecule has 12 nitrogen and oxygen atoms in total. The van der Waals surface area contributed by atoms with Gasteiger partial charge in [-0.05, 0) is 136 Å². The van der Waals surface area contributed by atoms with E-state index >= 15 is 0 Å². The molecule has 63 heavy (non-hydrogen) atoms. The van der Waals surface area contributed by atoms with Crippen molar-refractivity contribution >= 4 is 23.9 Å². The molecule has 2 saturated heterocycles. The minimum absolute atomic E-state index is 0.124. The van der Waals surface area contributed by atoms with Gasteiger partial charge in [0.1, 0.15) is 13.2 Å². The fourth-order valence-electron chi connectivity index (χ4n) is 8.15. The minimum atomic E-state index is -1.69. The molecule has 3 aliphatic rings. The second-order valence-corrected chi connectivity index (χ2v) is 20.2. The van der Waals surface area contributed by atoms with E-state index in [1.807, 2.05) is 66.7 Å². The second-order valence-electron chi connectivity index (χ2n) is 20.2. The molecule has 3 aromatic rings. The van der Waals surface area contributed by atoms with Crippen molar-refractivity contribution in [2.75, 3.05) is 13.1 Å². The summed E-state index contributed by atoms with van der Waals surface area (Å²) in [5, 5.41) is 0. The van der Waals surface area contributed by atoms with Crippen molar-refractivity contribution in [2.24, 2.45) is 22.2 Å². The van der Waals surface area contributed by atoms with Gasteiger partial charge in [0.15, 0.2) is 29.8 Å². The van der Waals surface area contributed by atoms with E-state index in [1.54, 1.807) is 62.3 Å². The van der Waals surface area contributed by atoms with E-state index in [-0.39, 0.29) is 13.2 Å². The normalized spacial score (nSPS) is 23.9. The molecule has 2 aliphatic heterocycles. The molecule has 0 radical (unpaired) electrons. The van der Waals surface area contributed by atoms with Crippen molar-refractivity contribution in [1.29, 1.82) is 0 Å². The van der Waals surface area contributed by atoms with Crippen molar-refractivity contribution in [1.82, 2.24) is 4.90 Å². The zero-order chi connectivity index (χ0) is 45.7. The highest BCUT2D eigenvalue weighted by atomic mass is 16.7. The van der Waals surface area contributed by atoms with Crippen LogP contribution in [0, 0.1) is 22.2 Å². The van der Waals surface area contributed by atoms with Crippen LogP contribution in [0.25, 0.3) is 0 Å². The summed E-state index contributed by atoms with van der Waals surface area (Å²) in [6.07, 6.45) is -3.33. The lowest BCUT2D eigenvalue weighted by Crippen LogP contribution is -2.65. The van der Waals surface area contributed by atoms with Gasteiger partial charge in [-0.15, -0.1) is 0 Å². The highest BCUT2D eigenvalue weighted by molar-refractivity contribution is 5.80. The third kappa shape index (κ3) is 11.8. The van der Waals surface area contributed by atoms with Crippen LogP contribution in [0.5, 0.6) is 11.5 Å². The standard InChI is InChI=1S/C51H67NO11/c1-11-26-52-27-18-23-35-28-36-34(29-37(35)52)24-25-38(57-30-32-19-14-12-15-20-32)39(36)59-45-43(63-48(56)51(8,9)10)41(62-47(55)50(5,6)7)40(61-46(54)49(2,3)4)42(60-45)44(53)58-31-33-21-16-13-17-22-33/h12-17,19-22,24-25,35,37,40-43,45H,11,18,23,26-31H2,1-10H3/t35-,37-,40+,41+,42+,43-,45-/m1/s1. The van der Waals surface area contributed by atoms with E-state index in [4.69, 9.17) is 33.2 Å². The Morgan fingerprint density at radius 2 is 1.24 bits per heavy atom. The molecule has 7 atom stereocenters. The fraction of sp³-hybridized carbons (Fsp3) is 0.569. The molecule has 6 rings (SSSR count). The van der Waals surface area contributed by atoms with E-state index in [0.717, 1.165) is 55.5 Å². The number of hydrogen-bond acceptors (Lipinski definition) is 12. The first kappa shape index (κ1) is 47.5. The number of hydrogen-bond donors (Lipinski definition) is 0. The van der Waals surface area contributed by atoms with E-state index in [0.29, 0.717) is 35.4 Å². The highest BCUT2D eigenvalue weighted by Gasteiger charge is 2.58. The molecular formula is C51H67NO11. The molecule has 0 amide bonds. The first-order valence-electron chi connectivity index (χ1n) is 22.5. The summed E-state index contributed by atoms with van der Waals surface area (Å²) < 4.78 is 44.8. The van der Waals surface area contributed by atoms with Crippen molar-refractivity contribution < 1.29 is 52.3 Å². The lowest BCUT2D eigenvalue weighted by atomic mass is 9.75. The Bertz CT molecular complexity index is 2050. The maximum Gasteiger partial charge on any atom is 0.339 e. The Labute approximate surface area is 373 Å². The molecular weight excluding hydrogens is 803 g/mol. The molecule has 0 N–H and O–H groups in total. The average molecular weight is 870 g/mol. The van der Waals surface area contributed by atoms with E-state index < -0.39 is 70.8 Å². The zero-order valence-electron chi connectivity index (χ0n) is 38.8. The number of carbonyl (C=O) groups excluding carboxylic acids is 4. The summed E-state index contributed by atoms with van der Waals surface area (Å²) in [6.45, 7) is 19.5. The number of piperidine rings is 1. The number of likely N-dealkylation sites (tertiary alicyclic amines) is 1. The molecule has 342 valence electrons. The van der Waals surface area contributed by atoms with Crippen LogP contribution in [0.4, 0.5) is 0 Å². The number of ether oxygens (including phenoxy) is 7. The van der Waals surface area contributed by atoms with Gasteiger partial charge in [-0.2, -0.15) is 0 Å². The number of nitrogens with zero attached hydrogens (tertiary/aromatic N) is 1. The van der Waals surface area contributed by atoms with Crippen molar-refractivity contribution in [3.05, 3.63) is 95.1 Å². The molecule has 2 heterocycles. The molecule has 0 spiro atoms. The van der Waals surface area contributed by atoms with Crippen LogP contribution in [0.3, 0.4) is 0 Å². The molecule has 0 unspecified atom stereocenters. The van der Waals surface area contributed by atoms with Gasteiger partial charge in [-0.25, -0.2) is 4.79 Å². The predicted octanol–water partition coefficient (Wildman–Crippen LogP) is 8.58. The maximum atomic E-state index is 14.5. The predicted molar refractivity (Wildman–Crippen MR) is 237 cm³/mol. The first-order valence-corrected chi connectivity index (χ1v) is 22.5. The highest BCUT2D eigenvalue weighted by Crippen LogP contribution is 2.45. The van der Waals surface area contributed by atoms with Crippen LogP contribution in [0.1, 0.15) is 111 Å². The maximum absolute atomic E-state index is 14.5.